The minimum absolute atomic E-state index is 0.539. The monoisotopic (exact) mass is 340 g/mol. The Labute approximate surface area is 149 Å². The van der Waals surface area contributed by atoms with Crippen molar-refractivity contribution in [2.75, 3.05) is 31.1 Å². The molecule has 1 saturated carbocycles. The Balaban J connectivity index is 1.42. The van der Waals surface area contributed by atoms with Crippen LogP contribution in [0, 0.1) is 0 Å². The van der Waals surface area contributed by atoms with E-state index in [0.717, 1.165) is 35.8 Å². The van der Waals surface area contributed by atoms with Crippen molar-refractivity contribution in [1.82, 2.24) is 24.6 Å². The minimum atomic E-state index is 0.539. The molecule has 0 spiro atoms. The normalized spacial score (nSPS) is 23.5. The Kier molecular flexibility index (Phi) is 3.88. The number of aryl methyl sites for hydroxylation is 1. The fourth-order valence-electron chi connectivity index (χ4n) is 4.77. The van der Waals surface area contributed by atoms with E-state index >= 15 is 0 Å². The Morgan fingerprint density at radius 3 is 2.48 bits per heavy atom. The van der Waals surface area contributed by atoms with Crippen LogP contribution in [0.4, 0.5) is 5.82 Å². The SMILES string of the molecule is Cn1ncc2c(N3CC(N4CCCCC4)C3)nc(C3CCCC3)nc21. The van der Waals surface area contributed by atoms with Crippen molar-refractivity contribution in [2.24, 2.45) is 7.05 Å². The van der Waals surface area contributed by atoms with Crippen molar-refractivity contribution in [1.29, 1.82) is 0 Å². The maximum atomic E-state index is 5.04. The van der Waals surface area contributed by atoms with E-state index in [1.54, 1.807) is 0 Å². The van der Waals surface area contributed by atoms with Gasteiger partial charge in [-0.15, -0.1) is 0 Å². The summed E-state index contributed by atoms with van der Waals surface area (Å²) in [7, 11) is 1.99. The molecule has 0 radical (unpaired) electrons. The fourth-order valence-corrected chi connectivity index (χ4v) is 4.77. The van der Waals surface area contributed by atoms with Gasteiger partial charge < -0.3 is 4.90 Å². The van der Waals surface area contributed by atoms with Gasteiger partial charge in [0.05, 0.1) is 11.6 Å². The third-order valence-corrected chi connectivity index (χ3v) is 6.38. The summed E-state index contributed by atoms with van der Waals surface area (Å²) in [5.74, 6) is 2.70. The maximum absolute atomic E-state index is 5.04. The summed E-state index contributed by atoms with van der Waals surface area (Å²) in [5.41, 5.74) is 0.994. The number of rotatable bonds is 3. The fraction of sp³-hybridized carbons (Fsp3) is 0.737. The summed E-state index contributed by atoms with van der Waals surface area (Å²) in [6.45, 7) is 4.76. The molecular weight excluding hydrogens is 312 g/mol. The van der Waals surface area contributed by atoms with Gasteiger partial charge in [0.25, 0.3) is 0 Å². The lowest BCUT2D eigenvalue weighted by atomic mass is 10.0. The lowest BCUT2D eigenvalue weighted by Crippen LogP contribution is -2.60. The Hall–Kier alpha value is -1.69. The second-order valence-corrected chi connectivity index (χ2v) is 8.05. The van der Waals surface area contributed by atoms with Crippen LogP contribution in [0.3, 0.4) is 0 Å². The number of nitrogens with zero attached hydrogens (tertiary/aromatic N) is 6. The number of aromatic nitrogens is 4. The minimum Gasteiger partial charge on any atom is -0.353 e. The zero-order valence-corrected chi connectivity index (χ0v) is 15.2. The van der Waals surface area contributed by atoms with Gasteiger partial charge in [-0.2, -0.15) is 5.10 Å². The second kappa shape index (κ2) is 6.24. The zero-order valence-electron chi connectivity index (χ0n) is 15.2. The molecule has 5 rings (SSSR count). The van der Waals surface area contributed by atoms with Crippen molar-refractivity contribution < 1.29 is 0 Å². The van der Waals surface area contributed by atoms with Gasteiger partial charge in [-0.05, 0) is 38.8 Å². The van der Waals surface area contributed by atoms with Crippen molar-refractivity contribution in [3.8, 4) is 0 Å². The van der Waals surface area contributed by atoms with Gasteiger partial charge in [-0.25, -0.2) is 9.97 Å². The van der Waals surface area contributed by atoms with Crippen LogP contribution in [0.2, 0.25) is 0 Å². The largest absolute Gasteiger partial charge is 0.353 e. The first-order valence-corrected chi connectivity index (χ1v) is 9.98. The van der Waals surface area contributed by atoms with E-state index in [9.17, 15) is 0 Å². The van der Waals surface area contributed by atoms with Crippen molar-refractivity contribution in [2.45, 2.75) is 56.9 Å². The molecule has 4 heterocycles. The quantitative estimate of drug-likeness (QED) is 0.860. The first kappa shape index (κ1) is 15.6. The number of piperidine rings is 1. The van der Waals surface area contributed by atoms with Crippen LogP contribution in [0.25, 0.3) is 11.0 Å². The van der Waals surface area contributed by atoms with Crippen LogP contribution in [-0.4, -0.2) is 56.9 Å². The summed E-state index contributed by atoms with van der Waals surface area (Å²) in [6.07, 6.45) is 11.2. The van der Waals surface area contributed by atoms with Gasteiger partial charge >= 0.3 is 0 Å². The van der Waals surface area contributed by atoms with Crippen molar-refractivity contribution in [3.05, 3.63) is 12.0 Å². The molecule has 0 N–H and O–H groups in total. The highest BCUT2D eigenvalue weighted by atomic mass is 15.4. The van der Waals surface area contributed by atoms with E-state index in [0.29, 0.717) is 12.0 Å². The molecule has 2 aromatic rings. The summed E-state index contributed by atoms with van der Waals surface area (Å²) in [4.78, 5) is 15.0. The van der Waals surface area contributed by atoms with E-state index < -0.39 is 0 Å². The highest BCUT2D eigenvalue weighted by molar-refractivity contribution is 5.87. The van der Waals surface area contributed by atoms with Gasteiger partial charge in [-0.3, -0.25) is 9.58 Å². The third-order valence-electron chi connectivity index (χ3n) is 6.38. The number of likely N-dealkylation sites (tertiary alicyclic amines) is 1. The molecule has 2 saturated heterocycles. The van der Waals surface area contributed by atoms with Crippen molar-refractivity contribution >= 4 is 16.9 Å². The van der Waals surface area contributed by atoms with Gasteiger partial charge in [-0.1, -0.05) is 19.3 Å². The molecular formula is C19H28N6. The van der Waals surface area contributed by atoms with Crippen LogP contribution >= 0.6 is 0 Å². The van der Waals surface area contributed by atoms with E-state index in [4.69, 9.17) is 9.97 Å². The first-order valence-electron chi connectivity index (χ1n) is 9.98. The second-order valence-electron chi connectivity index (χ2n) is 8.05. The van der Waals surface area contributed by atoms with Crippen LogP contribution in [0.1, 0.15) is 56.7 Å². The summed E-state index contributed by atoms with van der Waals surface area (Å²) >= 11 is 0. The topological polar surface area (TPSA) is 50.1 Å². The molecule has 3 fully saturated rings. The molecule has 6 nitrogen and oxygen atoms in total. The van der Waals surface area contributed by atoms with Crippen LogP contribution in [0.5, 0.6) is 0 Å². The average molecular weight is 340 g/mol. The predicted octanol–water partition coefficient (Wildman–Crippen LogP) is 2.70. The van der Waals surface area contributed by atoms with E-state index in [1.165, 1.54) is 58.0 Å². The molecule has 0 aromatic carbocycles. The number of anilines is 1. The van der Waals surface area contributed by atoms with E-state index in [2.05, 4.69) is 14.9 Å². The van der Waals surface area contributed by atoms with Crippen molar-refractivity contribution in [3.63, 3.8) is 0 Å². The summed E-state index contributed by atoms with van der Waals surface area (Å²) < 4.78 is 1.90. The van der Waals surface area contributed by atoms with Crippen LogP contribution in [0.15, 0.2) is 6.20 Å². The van der Waals surface area contributed by atoms with E-state index in [-0.39, 0.29) is 0 Å². The highest BCUT2D eigenvalue weighted by Gasteiger charge is 2.35. The van der Waals surface area contributed by atoms with E-state index in [1.807, 2.05) is 17.9 Å². The molecule has 2 aliphatic heterocycles. The number of hydrogen-bond acceptors (Lipinski definition) is 5. The summed E-state index contributed by atoms with van der Waals surface area (Å²) in [6, 6.07) is 0.705. The molecule has 0 unspecified atom stereocenters. The van der Waals surface area contributed by atoms with Gasteiger partial charge in [0.2, 0.25) is 0 Å². The molecule has 2 aromatic heterocycles. The molecule has 25 heavy (non-hydrogen) atoms. The molecule has 0 amide bonds. The molecule has 134 valence electrons. The van der Waals surface area contributed by atoms with Crippen LogP contribution < -0.4 is 4.90 Å². The Morgan fingerprint density at radius 1 is 0.960 bits per heavy atom. The van der Waals surface area contributed by atoms with Gasteiger partial charge in [0.1, 0.15) is 11.6 Å². The highest BCUT2D eigenvalue weighted by Crippen LogP contribution is 2.36. The van der Waals surface area contributed by atoms with Gasteiger partial charge in [0.15, 0.2) is 5.65 Å². The molecule has 1 aliphatic carbocycles. The first-order chi connectivity index (χ1) is 12.3. The predicted molar refractivity (Wildman–Crippen MR) is 98.9 cm³/mol. The molecule has 0 atom stereocenters. The number of hydrogen-bond donors (Lipinski definition) is 0. The third kappa shape index (κ3) is 2.71. The Bertz CT molecular complexity index is 751. The average Bonchev–Trinajstić information content (AvgIpc) is 3.25. The standard InChI is InChI=1S/C19H28N6/c1-23-18-16(11-20-23)19(22-17(21-18)14-7-3-4-8-14)25-12-15(13-25)24-9-5-2-6-10-24/h11,14-15H,2-10,12-13H2,1H3. The molecule has 3 aliphatic rings. The lowest BCUT2D eigenvalue weighted by Gasteiger charge is -2.47. The lowest BCUT2D eigenvalue weighted by molar-refractivity contribution is 0.138. The molecule has 0 bridgehead atoms. The molecule has 6 heteroatoms. The summed E-state index contributed by atoms with van der Waals surface area (Å²) in [5, 5.41) is 5.56. The van der Waals surface area contributed by atoms with Gasteiger partial charge in [0, 0.05) is 32.1 Å². The zero-order chi connectivity index (χ0) is 16.8. The Morgan fingerprint density at radius 2 is 1.72 bits per heavy atom. The number of fused-ring (bicyclic) bond motifs is 1. The smallest absolute Gasteiger partial charge is 0.163 e. The van der Waals surface area contributed by atoms with Crippen LogP contribution in [-0.2, 0) is 7.05 Å². The maximum Gasteiger partial charge on any atom is 0.163 e.